The topological polar surface area (TPSA) is 63.4 Å². The molecule has 7 heteroatoms. The van der Waals surface area contributed by atoms with Crippen molar-refractivity contribution in [1.29, 1.82) is 0 Å². The predicted octanol–water partition coefficient (Wildman–Crippen LogP) is 2.29. The van der Waals surface area contributed by atoms with E-state index in [2.05, 4.69) is 0 Å². The van der Waals surface area contributed by atoms with Gasteiger partial charge in [0.2, 0.25) is 10.0 Å². The summed E-state index contributed by atoms with van der Waals surface area (Å²) in [6, 6.07) is 5.16. The Morgan fingerprint density at radius 2 is 2.11 bits per heavy atom. The normalized spacial score (nSPS) is 11.9. The van der Waals surface area contributed by atoms with Gasteiger partial charge in [-0.05, 0) is 40.6 Å². The summed E-state index contributed by atoms with van der Waals surface area (Å²) in [5.41, 5.74) is 6.54. The molecule has 1 aromatic heterocycles. The molecule has 2 aromatic rings. The molecule has 0 atom stereocenters. The monoisotopic (exact) mass is 300 g/mol. The molecule has 0 fully saturated rings. The van der Waals surface area contributed by atoms with Crippen LogP contribution in [0.1, 0.15) is 5.56 Å². The third-order valence-corrected chi connectivity index (χ3v) is 5.24. The lowest BCUT2D eigenvalue weighted by Crippen LogP contribution is -2.27. The lowest BCUT2D eigenvalue weighted by atomic mass is 10.3. The van der Waals surface area contributed by atoms with Crippen LogP contribution in [-0.4, -0.2) is 19.8 Å². The van der Waals surface area contributed by atoms with Crippen molar-refractivity contribution in [1.82, 2.24) is 4.31 Å². The maximum atomic E-state index is 13.2. The number of nitrogen functional groups attached to an aromatic ring is 1. The minimum absolute atomic E-state index is 0.0403. The Morgan fingerprint density at radius 1 is 1.37 bits per heavy atom. The van der Waals surface area contributed by atoms with Crippen molar-refractivity contribution in [2.24, 2.45) is 0 Å². The van der Waals surface area contributed by atoms with Crippen LogP contribution >= 0.6 is 11.3 Å². The van der Waals surface area contributed by atoms with Crippen LogP contribution in [0.2, 0.25) is 0 Å². The first-order valence-electron chi connectivity index (χ1n) is 5.43. The minimum atomic E-state index is -3.80. The standard InChI is InChI=1S/C12H13FN2O2S2/c1-15(7-9-4-5-18-8-9)19(16,17)12-6-10(13)2-3-11(12)14/h2-6,8H,7,14H2,1H3. The molecule has 0 bridgehead atoms. The Kier molecular flexibility index (Phi) is 3.88. The second-order valence-corrected chi connectivity index (χ2v) is 6.87. The van der Waals surface area contributed by atoms with E-state index < -0.39 is 15.8 Å². The number of halogens is 1. The first kappa shape index (κ1) is 14.0. The number of hydrogen-bond donors (Lipinski definition) is 1. The highest BCUT2D eigenvalue weighted by molar-refractivity contribution is 7.89. The third-order valence-electron chi connectivity index (χ3n) is 2.65. The van der Waals surface area contributed by atoms with E-state index in [0.29, 0.717) is 0 Å². The van der Waals surface area contributed by atoms with Gasteiger partial charge in [-0.1, -0.05) is 0 Å². The van der Waals surface area contributed by atoms with Gasteiger partial charge < -0.3 is 5.73 Å². The van der Waals surface area contributed by atoms with E-state index in [1.54, 1.807) is 0 Å². The van der Waals surface area contributed by atoms with E-state index in [4.69, 9.17) is 5.73 Å². The van der Waals surface area contributed by atoms with E-state index in [-0.39, 0.29) is 17.1 Å². The summed E-state index contributed by atoms with van der Waals surface area (Å²) >= 11 is 1.49. The average Bonchev–Trinajstić information content (AvgIpc) is 2.85. The van der Waals surface area contributed by atoms with E-state index in [1.165, 1.54) is 24.5 Å². The molecule has 0 saturated heterocycles. The number of benzene rings is 1. The van der Waals surface area contributed by atoms with Crippen molar-refractivity contribution in [2.75, 3.05) is 12.8 Å². The van der Waals surface area contributed by atoms with Crippen LogP contribution in [0.25, 0.3) is 0 Å². The average molecular weight is 300 g/mol. The van der Waals surface area contributed by atoms with Crippen LogP contribution in [0.15, 0.2) is 39.9 Å². The van der Waals surface area contributed by atoms with Crippen molar-refractivity contribution in [3.63, 3.8) is 0 Å². The van der Waals surface area contributed by atoms with Crippen LogP contribution in [0.3, 0.4) is 0 Å². The molecule has 2 rings (SSSR count). The fraction of sp³-hybridized carbons (Fsp3) is 0.167. The molecule has 1 aromatic carbocycles. The number of thiophene rings is 1. The van der Waals surface area contributed by atoms with E-state index in [1.807, 2.05) is 16.8 Å². The summed E-state index contributed by atoms with van der Waals surface area (Å²) in [5, 5.41) is 3.73. The quantitative estimate of drug-likeness (QED) is 0.881. The van der Waals surface area contributed by atoms with Gasteiger partial charge in [-0.2, -0.15) is 15.6 Å². The molecule has 19 heavy (non-hydrogen) atoms. The zero-order valence-corrected chi connectivity index (χ0v) is 11.8. The number of sulfonamides is 1. The van der Waals surface area contributed by atoms with Crippen molar-refractivity contribution in [3.05, 3.63) is 46.4 Å². The maximum Gasteiger partial charge on any atom is 0.245 e. The smallest absolute Gasteiger partial charge is 0.245 e. The molecular formula is C12H13FN2O2S2. The highest BCUT2D eigenvalue weighted by Gasteiger charge is 2.24. The summed E-state index contributed by atoms with van der Waals surface area (Å²) in [4.78, 5) is -0.203. The molecule has 4 nitrogen and oxygen atoms in total. The summed E-state index contributed by atoms with van der Waals surface area (Å²) in [7, 11) is -2.35. The largest absolute Gasteiger partial charge is 0.398 e. The summed E-state index contributed by atoms with van der Waals surface area (Å²) < 4.78 is 39.0. The van der Waals surface area contributed by atoms with Gasteiger partial charge in [-0.15, -0.1) is 0 Å². The Balaban J connectivity index is 2.33. The number of hydrogen-bond acceptors (Lipinski definition) is 4. The fourth-order valence-electron chi connectivity index (χ4n) is 1.62. The van der Waals surface area contributed by atoms with Gasteiger partial charge in [0, 0.05) is 13.6 Å². The molecule has 1 heterocycles. The summed E-state index contributed by atoms with van der Waals surface area (Å²) in [5.74, 6) is -0.628. The predicted molar refractivity (Wildman–Crippen MR) is 73.8 cm³/mol. The van der Waals surface area contributed by atoms with Gasteiger partial charge in [0.1, 0.15) is 10.7 Å². The number of rotatable bonds is 4. The molecule has 2 N–H and O–H groups in total. The zero-order valence-electron chi connectivity index (χ0n) is 10.2. The van der Waals surface area contributed by atoms with E-state index >= 15 is 0 Å². The zero-order chi connectivity index (χ0) is 14.0. The number of nitrogens with two attached hydrogens (primary N) is 1. The first-order valence-corrected chi connectivity index (χ1v) is 7.82. The Morgan fingerprint density at radius 3 is 2.74 bits per heavy atom. The second kappa shape index (κ2) is 5.28. The molecular weight excluding hydrogens is 287 g/mol. The van der Waals surface area contributed by atoms with Gasteiger partial charge in [0.15, 0.2) is 0 Å². The van der Waals surface area contributed by atoms with Crippen molar-refractivity contribution in [2.45, 2.75) is 11.4 Å². The fourth-order valence-corrected chi connectivity index (χ4v) is 3.57. The maximum absolute atomic E-state index is 13.2. The highest BCUT2D eigenvalue weighted by atomic mass is 32.2. The van der Waals surface area contributed by atoms with Crippen molar-refractivity contribution < 1.29 is 12.8 Å². The SMILES string of the molecule is CN(Cc1ccsc1)S(=O)(=O)c1cc(F)ccc1N. The lowest BCUT2D eigenvalue weighted by Gasteiger charge is -2.17. The van der Waals surface area contributed by atoms with Crippen LogP contribution in [0, 0.1) is 5.82 Å². The van der Waals surface area contributed by atoms with Crippen LogP contribution in [0.5, 0.6) is 0 Å². The van der Waals surface area contributed by atoms with Gasteiger partial charge in [0.25, 0.3) is 0 Å². The van der Waals surface area contributed by atoms with E-state index in [0.717, 1.165) is 22.0 Å². The molecule has 0 radical (unpaired) electrons. The molecule has 0 aliphatic rings. The van der Waals surface area contributed by atoms with Gasteiger partial charge in [-0.25, -0.2) is 12.8 Å². The first-order chi connectivity index (χ1) is 8.91. The number of nitrogens with zero attached hydrogens (tertiary/aromatic N) is 1. The van der Waals surface area contributed by atoms with Gasteiger partial charge in [0.05, 0.1) is 5.69 Å². The second-order valence-electron chi connectivity index (χ2n) is 4.07. The molecule has 0 aliphatic carbocycles. The number of anilines is 1. The molecule has 102 valence electrons. The van der Waals surface area contributed by atoms with Crippen LogP contribution < -0.4 is 5.73 Å². The Hall–Kier alpha value is -1.44. The summed E-state index contributed by atoms with van der Waals surface area (Å²) in [6.07, 6.45) is 0. The Labute approximate surface area is 115 Å². The van der Waals surface area contributed by atoms with Gasteiger partial charge in [-0.3, -0.25) is 0 Å². The molecule has 0 aliphatic heterocycles. The summed E-state index contributed by atoms with van der Waals surface area (Å²) in [6.45, 7) is 0.224. The highest BCUT2D eigenvalue weighted by Crippen LogP contribution is 2.24. The lowest BCUT2D eigenvalue weighted by molar-refractivity contribution is 0.467. The minimum Gasteiger partial charge on any atom is -0.398 e. The molecule has 0 unspecified atom stereocenters. The molecule has 0 amide bonds. The van der Waals surface area contributed by atoms with E-state index in [9.17, 15) is 12.8 Å². The van der Waals surface area contributed by atoms with Crippen LogP contribution in [-0.2, 0) is 16.6 Å². The third kappa shape index (κ3) is 2.94. The molecule has 0 saturated carbocycles. The molecule has 0 spiro atoms. The van der Waals surface area contributed by atoms with Gasteiger partial charge >= 0.3 is 0 Å². The van der Waals surface area contributed by atoms with Crippen LogP contribution in [0.4, 0.5) is 10.1 Å². The van der Waals surface area contributed by atoms with Crippen molar-refractivity contribution >= 4 is 27.0 Å². The van der Waals surface area contributed by atoms with Crippen molar-refractivity contribution in [3.8, 4) is 0 Å². The Bertz CT molecular complexity index is 669.